The molecule has 11 nitrogen and oxygen atoms in total. The number of hydrogen-bond donors (Lipinski definition) is 2. The third-order valence-electron chi connectivity index (χ3n) is 3.88. The largest absolute Gasteiger partial charge is 0.371 e. The van der Waals surface area contributed by atoms with Crippen molar-refractivity contribution in [2.45, 2.75) is 19.3 Å². The summed E-state index contributed by atoms with van der Waals surface area (Å²) in [6.07, 6.45) is 0.576. The van der Waals surface area contributed by atoms with Crippen LogP contribution in [-0.4, -0.2) is 38.7 Å². The topological polar surface area (TPSA) is 162 Å². The van der Waals surface area contributed by atoms with Crippen LogP contribution in [0.1, 0.15) is 29.6 Å². The molecule has 0 radical (unpaired) electrons. The van der Waals surface area contributed by atoms with E-state index in [1.54, 1.807) is 30.3 Å². The van der Waals surface area contributed by atoms with Gasteiger partial charge in [-0.05, 0) is 24.3 Å². The molecule has 0 spiro atoms. The maximum Gasteiger partial charge on any atom is 0.371 e. The lowest BCUT2D eigenvalue weighted by Gasteiger charge is -2.12. The van der Waals surface area contributed by atoms with Gasteiger partial charge in [0.25, 0.3) is 17.4 Å². The molecule has 0 atom stereocenters. The Labute approximate surface area is 162 Å². The molecule has 0 bridgehead atoms. The first-order chi connectivity index (χ1) is 13.9. The zero-order valence-corrected chi connectivity index (χ0v) is 14.8. The van der Waals surface area contributed by atoms with E-state index in [-0.39, 0.29) is 25.1 Å². The molecule has 146 valence electrons. The van der Waals surface area contributed by atoms with Gasteiger partial charge in [0.15, 0.2) is 0 Å². The van der Waals surface area contributed by atoms with Crippen molar-refractivity contribution in [1.82, 2.24) is 15.0 Å². The zero-order chi connectivity index (χ0) is 21.0. The summed E-state index contributed by atoms with van der Waals surface area (Å²) in [6, 6.07) is 7.98. The average Bonchev–Trinajstić information content (AvgIpc) is 3.00. The minimum atomic E-state index is -1.18. The molecule has 11 heteroatoms. The van der Waals surface area contributed by atoms with E-state index in [0.29, 0.717) is 16.3 Å². The summed E-state index contributed by atoms with van der Waals surface area (Å²) in [5.41, 5.74) is -0.339. The van der Waals surface area contributed by atoms with E-state index in [4.69, 9.17) is 10.1 Å². The van der Waals surface area contributed by atoms with E-state index in [9.17, 15) is 24.0 Å². The highest BCUT2D eigenvalue weighted by molar-refractivity contribution is 6.02. The Morgan fingerprint density at radius 2 is 1.83 bits per heavy atom. The molecule has 1 fully saturated rings. The Morgan fingerprint density at radius 1 is 1.17 bits per heavy atom. The zero-order valence-electron chi connectivity index (χ0n) is 14.8. The van der Waals surface area contributed by atoms with Crippen molar-refractivity contribution >= 4 is 29.4 Å². The predicted molar refractivity (Wildman–Crippen MR) is 95.7 cm³/mol. The average molecular weight is 395 g/mol. The summed E-state index contributed by atoms with van der Waals surface area (Å²) in [5.74, 6) is -2.80. The highest BCUT2D eigenvalue weighted by atomic mass is 16.7. The Morgan fingerprint density at radius 3 is 2.41 bits per heavy atom. The number of nitrogens with one attached hydrogen (secondary N) is 2. The van der Waals surface area contributed by atoms with Gasteiger partial charge < -0.3 is 15.1 Å². The number of carbonyl (C=O) groups is 4. The lowest BCUT2D eigenvalue weighted by Crippen LogP contribution is -2.34. The van der Waals surface area contributed by atoms with Gasteiger partial charge in [-0.3, -0.25) is 19.2 Å². The molecule has 1 aliphatic heterocycles. The second-order valence-electron chi connectivity index (χ2n) is 5.90. The summed E-state index contributed by atoms with van der Waals surface area (Å²) in [6.45, 7) is 0. The highest BCUT2D eigenvalue weighted by Gasteiger charge is 2.33. The molecule has 0 unspecified atom stereocenters. The van der Waals surface area contributed by atoms with Crippen molar-refractivity contribution in [3.8, 4) is 17.5 Å². The Balaban J connectivity index is 1.74. The normalized spacial score (nSPS) is 13.1. The lowest BCUT2D eigenvalue weighted by molar-refractivity contribution is -0.172. The third-order valence-corrected chi connectivity index (χ3v) is 3.88. The Kier molecular flexibility index (Phi) is 5.45. The van der Waals surface area contributed by atoms with Crippen molar-refractivity contribution in [3.05, 3.63) is 46.4 Å². The molecular formula is C18H13N5O6. The predicted octanol–water partition coefficient (Wildman–Crippen LogP) is 0.510. The molecule has 1 aromatic carbocycles. The first-order valence-corrected chi connectivity index (χ1v) is 8.33. The molecule has 0 aliphatic carbocycles. The number of carbonyl (C=O) groups excluding carboxylic acids is 4. The van der Waals surface area contributed by atoms with Crippen LogP contribution in [0.15, 0.2) is 35.3 Å². The summed E-state index contributed by atoms with van der Waals surface area (Å²) >= 11 is 0. The molecule has 3 amide bonds. The van der Waals surface area contributed by atoms with Gasteiger partial charge in [-0.15, -0.1) is 5.06 Å². The number of aromatic nitrogens is 2. The third kappa shape index (κ3) is 4.33. The van der Waals surface area contributed by atoms with Gasteiger partial charge in [0.05, 0.1) is 6.07 Å². The number of benzene rings is 1. The second-order valence-corrected chi connectivity index (χ2v) is 5.90. The van der Waals surface area contributed by atoms with Crippen molar-refractivity contribution in [1.29, 1.82) is 5.26 Å². The van der Waals surface area contributed by atoms with E-state index in [1.807, 2.05) is 0 Å². The number of rotatable bonds is 5. The van der Waals surface area contributed by atoms with Crippen molar-refractivity contribution in [2.24, 2.45) is 0 Å². The van der Waals surface area contributed by atoms with Crippen molar-refractivity contribution < 1.29 is 24.0 Å². The number of imide groups is 1. The van der Waals surface area contributed by atoms with E-state index < -0.39 is 34.8 Å². The summed E-state index contributed by atoms with van der Waals surface area (Å²) in [7, 11) is 0. The molecule has 2 heterocycles. The van der Waals surface area contributed by atoms with Crippen LogP contribution in [0, 0.1) is 11.3 Å². The van der Waals surface area contributed by atoms with E-state index in [1.165, 1.54) is 0 Å². The summed E-state index contributed by atoms with van der Waals surface area (Å²) < 4.78 is 0. The molecule has 1 aliphatic rings. The number of nitriles is 1. The van der Waals surface area contributed by atoms with E-state index in [0.717, 1.165) is 6.20 Å². The Bertz CT molecular complexity index is 1080. The lowest BCUT2D eigenvalue weighted by atomic mass is 10.2. The van der Waals surface area contributed by atoms with Gasteiger partial charge >= 0.3 is 5.97 Å². The van der Waals surface area contributed by atoms with Crippen LogP contribution in [0.3, 0.4) is 0 Å². The van der Waals surface area contributed by atoms with Gasteiger partial charge in [-0.2, -0.15) is 5.26 Å². The van der Waals surface area contributed by atoms with Crippen LogP contribution in [0.25, 0.3) is 11.4 Å². The minimum absolute atomic E-state index is 0.0629. The van der Waals surface area contributed by atoms with Crippen LogP contribution in [-0.2, 0) is 19.2 Å². The number of anilines is 1. The van der Waals surface area contributed by atoms with Crippen LogP contribution in [0.5, 0.6) is 0 Å². The smallest absolute Gasteiger partial charge is 0.325 e. The summed E-state index contributed by atoms with van der Waals surface area (Å²) in [5, 5.41) is 11.3. The number of amides is 3. The van der Waals surface area contributed by atoms with Crippen molar-refractivity contribution in [3.63, 3.8) is 0 Å². The second kappa shape index (κ2) is 8.13. The van der Waals surface area contributed by atoms with Gasteiger partial charge in [-0.25, -0.2) is 9.78 Å². The molecular weight excluding hydrogens is 382 g/mol. The van der Waals surface area contributed by atoms with E-state index >= 15 is 0 Å². The number of hydroxylamine groups is 2. The molecule has 1 saturated heterocycles. The highest BCUT2D eigenvalue weighted by Crippen LogP contribution is 2.18. The quantitative estimate of drug-likeness (QED) is 0.692. The number of nitrogens with zero attached hydrogens (tertiary/aromatic N) is 3. The molecule has 0 saturated carbocycles. The first-order valence-electron chi connectivity index (χ1n) is 8.33. The first kappa shape index (κ1) is 19.4. The standard InChI is InChI=1S/C18H13N5O6/c19-8-7-13(24)21-11-3-1-10(2-4-11)16-20-9-12(17(27)22-16)18(28)29-23-14(25)5-6-15(23)26/h1-4,9H,5-7H2,(H,21,24)(H,20,22,27). The van der Waals surface area contributed by atoms with Gasteiger partial charge in [0.2, 0.25) is 5.91 Å². The molecule has 29 heavy (non-hydrogen) atoms. The van der Waals surface area contributed by atoms with Crippen LogP contribution < -0.4 is 10.9 Å². The fraction of sp³-hybridized carbons (Fsp3) is 0.167. The van der Waals surface area contributed by atoms with Crippen LogP contribution in [0.2, 0.25) is 0 Å². The summed E-state index contributed by atoms with van der Waals surface area (Å²) in [4.78, 5) is 69.7. The minimum Gasteiger partial charge on any atom is -0.325 e. The molecule has 3 rings (SSSR count). The fourth-order valence-corrected chi connectivity index (χ4v) is 2.47. The number of aromatic amines is 1. The van der Waals surface area contributed by atoms with Gasteiger partial charge in [0, 0.05) is 30.3 Å². The van der Waals surface area contributed by atoms with Crippen molar-refractivity contribution in [2.75, 3.05) is 5.32 Å². The monoisotopic (exact) mass is 395 g/mol. The molecule has 2 N–H and O–H groups in total. The molecule has 2 aromatic rings. The molecule has 1 aromatic heterocycles. The SMILES string of the molecule is N#CCC(=O)Nc1ccc(-c2ncc(C(=O)ON3C(=O)CCC3=O)c(=O)[nH]2)cc1. The fourth-order valence-electron chi connectivity index (χ4n) is 2.47. The van der Waals surface area contributed by atoms with Gasteiger partial charge in [0.1, 0.15) is 17.8 Å². The van der Waals surface area contributed by atoms with E-state index in [2.05, 4.69) is 15.3 Å². The maximum absolute atomic E-state index is 12.2. The Hall–Kier alpha value is -4.33. The van der Waals surface area contributed by atoms with Crippen LogP contribution in [0.4, 0.5) is 5.69 Å². The number of H-pyrrole nitrogens is 1. The van der Waals surface area contributed by atoms with Crippen LogP contribution >= 0.6 is 0 Å². The number of hydrogen-bond acceptors (Lipinski definition) is 8. The maximum atomic E-state index is 12.2. The van der Waals surface area contributed by atoms with Gasteiger partial charge in [-0.1, -0.05) is 0 Å².